The molecule has 0 amide bonds. The monoisotopic (exact) mass is 754 g/mol. The Balaban J connectivity index is 0.936. The van der Waals surface area contributed by atoms with Gasteiger partial charge in [-0.1, -0.05) is 122 Å². The topological polar surface area (TPSA) is 16.3 Å². The molecule has 0 unspecified atom stereocenters. The first-order valence-corrected chi connectivity index (χ1v) is 20.2. The third-order valence-electron chi connectivity index (χ3n) is 12.4. The van der Waals surface area contributed by atoms with Crippen molar-refractivity contribution < 1.29 is 0 Å². The van der Waals surface area contributed by atoms with E-state index in [2.05, 4.69) is 227 Å². The molecule has 0 fully saturated rings. The van der Waals surface area contributed by atoms with Crippen molar-refractivity contribution in [2.75, 3.05) is 16.8 Å². The summed E-state index contributed by atoms with van der Waals surface area (Å²) in [7, 11) is 2.17. The Morgan fingerprint density at radius 1 is 0.356 bits per heavy atom. The molecule has 4 heteroatoms. The fraction of sp³-hybridized carbons (Fsp3) is 0.0182. The van der Waals surface area contributed by atoms with Crippen molar-refractivity contribution in [2.45, 2.75) is 0 Å². The van der Waals surface area contributed by atoms with Crippen LogP contribution in [0.25, 0.3) is 88.0 Å². The molecule has 0 spiro atoms. The summed E-state index contributed by atoms with van der Waals surface area (Å²) in [6, 6.07) is 70.8. The lowest BCUT2D eigenvalue weighted by Gasteiger charge is -2.37. The van der Waals surface area contributed by atoms with E-state index in [9.17, 15) is 0 Å². The van der Waals surface area contributed by atoms with Crippen molar-refractivity contribution in [1.29, 1.82) is 0 Å². The number of para-hydroxylation sites is 3. The van der Waals surface area contributed by atoms with Gasteiger partial charge in [0.2, 0.25) is 0 Å². The summed E-state index contributed by atoms with van der Waals surface area (Å²) >= 11 is 0. The number of hydrogen-bond donors (Lipinski definition) is 0. The highest BCUT2D eigenvalue weighted by Gasteiger charge is 2.27. The van der Waals surface area contributed by atoms with Gasteiger partial charge >= 0.3 is 0 Å². The highest BCUT2D eigenvalue weighted by Crippen LogP contribution is 2.50. The Bertz CT molecular complexity index is 3490. The molecule has 0 aliphatic carbocycles. The minimum absolute atomic E-state index is 1.10. The van der Waals surface area contributed by atoms with Crippen molar-refractivity contribution in [1.82, 2.24) is 9.13 Å². The van der Waals surface area contributed by atoms with Crippen LogP contribution < -0.4 is 9.80 Å². The van der Waals surface area contributed by atoms with Gasteiger partial charge in [-0.25, -0.2) is 0 Å². The van der Waals surface area contributed by atoms with Crippen molar-refractivity contribution in [2.24, 2.45) is 0 Å². The molecule has 0 atom stereocenters. The second kappa shape index (κ2) is 12.9. The Kier molecular flexibility index (Phi) is 7.26. The highest BCUT2D eigenvalue weighted by atomic mass is 15.2. The zero-order valence-electron chi connectivity index (χ0n) is 32.5. The third kappa shape index (κ3) is 4.96. The zero-order valence-corrected chi connectivity index (χ0v) is 32.5. The van der Waals surface area contributed by atoms with Crippen LogP contribution in [0.2, 0.25) is 0 Å². The van der Waals surface area contributed by atoms with Crippen LogP contribution in [-0.2, 0) is 0 Å². The number of anilines is 4. The van der Waals surface area contributed by atoms with Crippen LogP contribution in [-0.4, -0.2) is 16.2 Å². The molecular weight excluding hydrogens is 717 g/mol. The molecule has 278 valence electrons. The van der Waals surface area contributed by atoms with Gasteiger partial charge in [-0.05, 0) is 107 Å². The molecule has 9 aromatic carbocycles. The van der Waals surface area contributed by atoms with Gasteiger partial charge in [-0.3, -0.25) is 0 Å². The number of aromatic nitrogens is 2. The van der Waals surface area contributed by atoms with E-state index in [1.807, 2.05) is 6.20 Å². The van der Waals surface area contributed by atoms with E-state index in [4.69, 9.17) is 0 Å². The zero-order chi connectivity index (χ0) is 39.2. The summed E-state index contributed by atoms with van der Waals surface area (Å²) in [5.74, 6) is 0. The number of nitrogens with zero attached hydrogens (tertiary/aromatic N) is 4. The summed E-state index contributed by atoms with van der Waals surface area (Å²) in [5.41, 5.74) is 16.4. The van der Waals surface area contributed by atoms with E-state index < -0.39 is 0 Å². The lowest BCUT2D eigenvalue weighted by Crippen LogP contribution is -2.23. The lowest BCUT2D eigenvalue weighted by molar-refractivity contribution is 1.13. The van der Waals surface area contributed by atoms with E-state index in [0.717, 1.165) is 28.3 Å². The summed E-state index contributed by atoms with van der Waals surface area (Å²) in [6.45, 7) is 4.31. The molecule has 3 heterocycles. The van der Waals surface area contributed by atoms with Gasteiger partial charge in [0, 0.05) is 45.9 Å². The van der Waals surface area contributed by atoms with Crippen molar-refractivity contribution in [3.05, 3.63) is 207 Å². The van der Waals surface area contributed by atoms with Crippen LogP contribution in [0, 0.1) is 0 Å². The van der Waals surface area contributed by atoms with E-state index in [1.54, 1.807) is 0 Å². The SMILES string of the molecule is C=CN1c2ccc(-c3ccc4c(c3)c3ccccc3n4-c3ccccc3)cc2N(C)c2ccc(-c3ccc4c(c3)c3ccccc3n4-c3cccc4ccccc34)cc21. The van der Waals surface area contributed by atoms with Crippen molar-refractivity contribution in [3.8, 4) is 33.6 Å². The van der Waals surface area contributed by atoms with E-state index in [1.165, 1.54) is 82.4 Å². The molecule has 0 bridgehead atoms. The van der Waals surface area contributed by atoms with Gasteiger partial charge in [-0.2, -0.15) is 0 Å². The van der Waals surface area contributed by atoms with Crippen LogP contribution in [0.1, 0.15) is 0 Å². The predicted octanol–water partition coefficient (Wildman–Crippen LogP) is 14.7. The van der Waals surface area contributed by atoms with E-state index in [0.29, 0.717) is 0 Å². The number of fused-ring (bicyclic) bond motifs is 9. The molecule has 59 heavy (non-hydrogen) atoms. The first-order chi connectivity index (χ1) is 29.1. The van der Waals surface area contributed by atoms with Gasteiger partial charge < -0.3 is 18.9 Å². The smallest absolute Gasteiger partial charge is 0.0699 e. The minimum Gasteiger partial charge on any atom is -0.341 e. The lowest BCUT2D eigenvalue weighted by atomic mass is 9.97. The van der Waals surface area contributed by atoms with Crippen molar-refractivity contribution >= 4 is 77.1 Å². The standard InChI is InChI=1S/C55H38N4/c1-3-57-53-31-27-39(37-24-28-50-45(32-37)43-19-9-11-21-48(43)58(50)41-16-5-4-6-17-41)34-54(53)56(2)52-30-26-40(35-55(52)57)38-25-29-51-46(33-38)44-20-10-12-22-49(44)59(51)47-23-13-15-36-14-7-8-18-42(36)47/h3-35H,1H2,2H3. The Morgan fingerprint density at radius 3 is 1.56 bits per heavy atom. The first-order valence-electron chi connectivity index (χ1n) is 20.2. The van der Waals surface area contributed by atoms with Crippen molar-refractivity contribution in [3.63, 3.8) is 0 Å². The summed E-state index contributed by atoms with van der Waals surface area (Å²) in [5, 5.41) is 7.46. The Hall–Kier alpha value is -7.82. The Morgan fingerprint density at radius 2 is 0.864 bits per heavy atom. The molecular formula is C55H38N4. The van der Waals surface area contributed by atoms with Crippen LogP contribution >= 0.6 is 0 Å². The molecule has 2 aromatic heterocycles. The number of rotatable bonds is 5. The summed E-state index contributed by atoms with van der Waals surface area (Å²) < 4.78 is 4.79. The van der Waals surface area contributed by atoms with Gasteiger partial charge in [0.15, 0.2) is 0 Å². The van der Waals surface area contributed by atoms with E-state index in [-0.39, 0.29) is 0 Å². The molecule has 1 aliphatic rings. The molecule has 0 saturated heterocycles. The fourth-order valence-corrected chi connectivity index (χ4v) is 9.63. The maximum atomic E-state index is 4.31. The Labute approximate surface area is 342 Å². The quantitative estimate of drug-likeness (QED) is 0.174. The molecule has 12 rings (SSSR count). The van der Waals surface area contributed by atoms with Gasteiger partial charge in [0.05, 0.1) is 50.5 Å². The minimum atomic E-state index is 1.10. The maximum Gasteiger partial charge on any atom is 0.0699 e. The number of benzene rings is 9. The highest BCUT2D eigenvalue weighted by molar-refractivity contribution is 6.13. The number of hydrogen-bond acceptors (Lipinski definition) is 2. The molecule has 4 nitrogen and oxygen atoms in total. The first kappa shape index (κ1) is 33.3. The average Bonchev–Trinajstić information content (AvgIpc) is 3.81. The predicted molar refractivity (Wildman–Crippen MR) is 250 cm³/mol. The summed E-state index contributed by atoms with van der Waals surface area (Å²) in [4.78, 5) is 4.55. The second-order valence-electron chi connectivity index (χ2n) is 15.5. The summed E-state index contributed by atoms with van der Waals surface area (Å²) in [6.07, 6.45) is 1.94. The van der Waals surface area contributed by atoms with Gasteiger partial charge in [0.25, 0.3) is 0 Å². The fourth-order valence-electron chi connectivity index (χ4n) is 9.63. The largest absolute Gasteiger partial charge is 0.341 e. The molecule has 0 saturated carbocycles. The maximum absolute atomic E-state index is 4.31. The average molecular weight is 755 g/mol. The second-order valence-corrected chi connectivity index (χ2v) is 15.5. The third-order valence-corrected chi connectivity index (χ3v) is 12.4. The normalized spacial score (nSPS) is 12.5. The molecule has 11 aromatic rings. The van der Waals surface area contributed by atoms with E-state index >= 15 is 0 Å². The van der Waals surface area contributed by atoms with Crippen LogP contribution in [0.3, 0.4) is 0 Å². The van der Waals surface area contributed by atoms with Crippen LogP contribution in [0.4, 0.5) is 22.7 Å². The van der Waals surface area contributed by atoms with Gasteiger partial charge in [-0.15, -0.1) is 0 Å². The molecule has 1 aliphatic heterocycles. The molecule has 0 N–H and O–H groups in total. The van der Waals surface area contributed by atoms with Gasteiger partial charge in [0.1, 0.15) is 0 Å². The van der Waals surface area contributed by atoms with Crippen LogP contribution in [0.5, 0.6) is 0 Å². The molecule has 0 radical (unpaired) electrons. The van der Waals surface area contributed by atoms with Crippen LogP contribution in [0.15, 0.2) is 207 Å².